The summed E-state index contributed by atoms with van der Waals surface area (Å²) in [6, 6.07) is 9.35. The molecule has 1 aromatic rings. The predicted octanol–water partition coefficient (Wildman–Crippen LogP) is -0.632. The molecular formula is C14H16ClN2O. The van der Waals surface area contributed by atoms with Crippen LogP contribution in [0, 0.1) is 6.67 Å². The average molecular weight is 264 g/mol. The Balaban J connectivity index is 0.00000162. The molecule has 1 aromatic carbocycles. The quantitative estimate of drug-likeness (QED) is 0.522. The molecule has 0 N–H and O–H groups in total. The van der Waals surface area contributed by atoms with E-state index in [0.717, 1.165) is 18.5 Å². The third-order valence-corrected chi connectivity index (χ3v) is 2.56. The molecule has 2 rings (SSSR count). The van der Waals surface area contributed by atoms with Crippen LogP contribution in [0.15, 0.2) is 42.7 Å². The molecule has 0 amide bonds. The van der Waals surface area contributed by atoms with E-state index in [9.17, 15) is 4.79 Å². The van der Waals surface area contributed by atoms with Gasteiger partial charge in [-0.3, -0.25) is 4.79 Å². The van der Waals surface area contributed by atoms with E-state index in [-0.39, 0.29) is 18.2 Å². The number of nitrogens with zero attached hydrogens (tertiary/aromatic N) is 2. The van der Waals surface area contributed by atoms with E-state index in [1.165, 1.54) is 0 Å². The molecule has 0 fully saturated rings. The zero-order valence-corrected chi connectivity index (χ0v) is 11.1. The van der Waals surface area contributed by atoms with E-state index in [1.807, 2.05) is 47.6 Å². The van der Waals surface area contributed by atoms with Gasteiger partial charge in [0.15, 0.2) is 5.78 Å². The first-order valence-electron chi connectivity index (χ1n) is 5.85. The first kappa shape index (κ1) is 14.5. The van der Waals surface area contributed by atoms with Crippen molar-refractivity contribution in [1.82, 2.24) is 9.80 Å². The van der Waals surface area contributed by atoms with Gasteiger partial charge in [0.25, 0.3) is 0 Å². The van der Waals surface area contributed by atoms with Crippen LogP contribution in [0.2, 0.25) is 0 Å². The molecular weight excluding hydrogens is 248 g/mol. The number of carbonyl (C=O) groups excluding carboxylic acids is 1. The molecule has 0 unspecified atom stereocenters. The minimum Gasteiger partial charge on any atom is -1.00 e. The van der Waals surface area contributed by atoms with Gasteiger partial charge in [-0.25, -0.2) is 0 Å². The normalized spacial score (nSPS) is 13.2. The van der Waals surface area contributed by atoms with Crippen molar-refractivity contribution in [2.75, 3.05) is 13.1 Å². The number of ketones is 1. The van der Waals surface area contributed by atoms with E-state index in [4.69, 9.17) is 0 Å². The highest BCUT2D eigenvalue weighted by molar-refractivity contribution is 5.97. The van der Waals surface area contributed by atoms with E-state index >= 15 is 0 Å². The van der Waals surface area contributed by atoms with E-state index in [2.05, 4.69) is 13.6 Å². The highest BCUT2D eigenvalue weighted by atomic mass is 35.5. The van der Waals surface area contributed by atoms with Crippen LogP contribution in [-0.2, 0) is 0 Å². The number of halogens is 1. The summed E-state index contributed by atoms with van der Waals surface area (Å²) >= 11 is 0. The van der Waals surface area contributed by atoms with Crippen molar-refractivity contribution in [2.24, 2.45) is 0 Å². The minimum atomic E-state index is 0. The lowest BCUT2D eigenvalue weighted by Gasteiger charge is -2.03. The molecule has 1 heterocycles. The van der Waals surface area contributed by atoms with Crippen LogP contribution in [0.25, 0.3) is 0 Å². The summed E-state index contributed by atoms with van der Waals surface area (Å²) < 4.78 is 0. The first-order chi connectivity index (χ1) is 8.29. The van der Waals surface area contributed by atoms with Crippen molar-refractivity contribution in [3.63, 3.8) is 0 Å². The second kappa shape index (κ2) is 6.97. The molecule has 0 aromatic heterocycles. The Morgan fingerprint density at radius 3 is 2.50 bits per heavy atom. The van der Waals surface area contributed by atoms with E-state index in [1.54, 1.807) is 4.90 Å². The number of hydrogen-bond acceptors (Lipinski definition) is 3. The van der Waals surface area contributed by atoms with Crippen molar-refractivity contribution >= 4 is 5.78 Å². The summed E-state index contributed by atoms with van der Waals surface area (Å²) in [6.07, 6.45) is 4.90. The smallest absolute Gasteiger partial charge is 0.564 e. The SMILES string of the molecule is CCCN1[C+]N(CC(=O)c2ccccc2)C=C1.[Cl-]. The summed E-state index contributed by atoms with van der Waals surface area (Å²) in [4.78, 5) is 15.7. The molecule has 0 spiro atoms. The molecule has 0 bridgehead atoms. The van der Waals surface area contributed by atoms with Crippen molar-refractivity contribution in [3.05, 3.63) is 55.0 Å². The lowest BCUT2D eigenvalue weighted by Crippen LogP contribution is -3.00. The van der Waals surface area contributed by atoms with Crippen molar-refractivity contribution in [1.29, 1.82) is 0 Å². The van der Waals surface area contributed by atoms with Gasteiger partial charge in [0.05, 0.1) is 18.9 Å². The molecule has 0 aliphatic carbocycles. The third-order valence-electron chi connectivity index (χ3n) is 2.56. The second-order valence-electron chi connectivity index (χ2n) is 4.01. The van der Waals surface area contributed by atoms with Gasteiger partial charge in [0, 0.05) is 5.56 Å². The molecule has 4 heteroatoms. The monoisotopic (exact) mass is 263 g/mol. The Kier molecular flexibility index (Phi) is 5.59. The maximum Gasteiger partial charge on any atom is 0.564 e. The van der Waals surface area contributed by atoms with Crippen molar-refractivity contribution < 1.29 is 17.2 Å². The highest BCUT2D eigenvalue weighted by Gasteiger charge is 2.31. The Bertz CT molecular complexity index is 406. The number of Topliss-reactive ketones (excluding diaryl/α,β-unsaturated/α-hetero) is 1. The summed E-state index contributed by atoms with van der Waals surface area (Å²) in [5, 5.41) is 0. The van der Waals surface area contributed by atoms with Crippen LogP contribution in [0.5, 0.6) is 0 Å². The van der Waals surface area contributed by atoms with Gasteiger partial charge >= 0.3 is 6.67 Å². The molecule has 0 saturated carbocycles. The maximum atomic E-state index is 11.9. The van der Waals surface area contributed by atoms with E-state index in [0.29, 0.717) is 6.54 Å². The standard InChI is InChI=1S/C14H16N2O.ClH/c1-2-8-15-9-10-16(12-15)11-14(17)13-6-4-3-5-7-13;/h3-7,9-10H,2,8,11H2,1H3;1H/q+1;/p-1. The van der Waals surface area contributed by atoms with Crippen molar-refractivity contribution in [2.45, 2.75) is 13.3 Å². The maximum absolute atomic E-state index is 11.9. The predicted molar refractivity (Wildman–Crippen MR) is 66.9 cm³/mol. The Morgan fingerprint density at radius 2 is 1.83 bits per heavy atom. The number of carbonyl (C=O) groups is 1. The third kappa shape index (κ3) is 3.70. The summed E-state index contributed by atoms with van der Waals surface area (Å²) in [7, 11) is 0. The highest BCUT2D eigenvalue weighted by Crippen LogP contribution is 2.12. The van der Waals surface area contributed by atoms with E-state index < -0.39 is 0 Å². The van der Waals surface area contributed by atoms with Crippen LogP contribution in [-0.4, -0.2) is 28.7 Å². The number of hydrogen-bond donors (Lipinski definition) is 0. The van der Waals surface area contributed by atoms with Gasteiger partial charge in [-0.05, 0) is 6.42 Å². The van der Waals surface area contributed by atoms with Gasteiger partial charge < -0.3 is 12.4 Å². The lowest BCUT2D eigenvalue weighted by atomic mass is 10.1. The van der Waals surface area contributed by atoms with Gasteiger partial charge in [-0.1, -0.05) is 37.3 Å². The minimum absolute atomic E-state index is 0. The average Bonchev–Trinajstić information content (AvgIpc) is 2.78. The topological polar surface area (TPSA) is 23.6 Å². The van der Waals surface area contributed by atoms with Gasteiger partial charge in [-0.2, -0.15) is 0 Å². The fourth-order valence-electron chi connectivity index (χ4n) is 1.72. The van der Waals surface area contributed by atoms with Crippen molar-refractivity contribution in [3.8, 4) is 0 Å². The number of benzene rings is 1. The summed E-state index contributed by atoms with van der Waals surface area (Å²) in [6.45, 7) is 6.53. The Morgan fingerprint density at radius 1 is 1.17 bits per heavy atom. The molecule has 1 aliphatic heterocycles. The fraction of sp³-hybridized carbons (Fsp3) is 0.286. The summed E-state index contributed by atoms with van der Waals surface area (Å²) in [5.74, 6) is 0.112. The largest absolute Gasteiger partial charge is 1.00 e. The molecule has 0 saturated heterocycles. The second-order valence-corrected chi connectivity index (χ2v) is 4.01. The Labute approximate surface area is 114 Å². The lowest BCUT2D eigenvalue weighted by molar-refractivity contribution is -0.0000114. The fourth-order valence-corrected chi connectivity index (χ4v) is 1.72. The zero-order chi connectivity index (χ0) is 12.1. The van der Waals surface area contributed by atoms with Gasteiger partial charge in [0.1, 0.15) is 6.54 Å². The zero-order valence-electron chi connectivity index (χ0n) is 10.3. The van der Waals surface area contributed by atoms with Gasteiger partial charge in [0.2, 0.25) is 0 Å². The first-order valence-corrected chi connectivity index (χ1v) is 5.85. The molecule has 95 valence electrons. The Hall–Kier alpha value is -1.61. The molecule has 1 aliphatic rings. The van der Waals surface area contributed by atoms with Crippen LogP contribution < -0.4 is 12.4 Å². The van der Waals surface area contributed by atoms with Gasteiger partial charge in [-0.15, -0.1) is 9.80 Å². The van der Waals surface area contributed by atoms with Crippen LogP contribution in [0.4, 0.5) is 0 Å². The molecule has 1 radical (unpaired) electrons. The molecule has 18 heavy (non-hydrogen) atoms. The molecule has 0 atom stereocenters. The van der Waals surface area contributed by atoms with Crippen LogP contribution >= 0.6 is 0 Å². The summed E-state index contributed by atoms with van der Waals surface area (Å²) in [5.41, 5.74) is 0.747. The van der Waals surface area contributed by atoms with Crippen LogP contribution in [0.3, 0.4) is 0 Å². The number of rotatable bonds is 5. The molecule has 3 nitrogen and oxygen atoms in total. The van der Waals surface area contributed by atoms with Crippen LogP contribution in [0.1, 0.15) is 23.7 Å².